The maximum absolute atomic E-state index is 14.4. The van der Waals surface area contributed by atoms with Crippen LogP contribution in [0, 0.1) is 35.5 Å². The number of nitrogens with two attached hydrogens (primary N) is 4. The number of hydrogen-bond donors (Lipinski definition) is 14. The molecule has 11 atom stereocenters. The normalized spacial score (nSPS) is 15.4. The number of benzene rings is 1. The lowest BCUT2D eigenvalue weighted by Gasteiger charge is -2.30. The van der Waals surface area contributed by atoms with Gasteiger partial charge in [0.2, 0.25) is 65.0 Å². The summed E-state index contributed by atoms with van der Waals surface area (Å²) in [5.74, 6) is -13.3. The molecule has 0 fully saturated rings. The first-order valence-corrected chi connectivity index (χ1v) is 28.7. The van der Waals surface area contributed by atoms with Gasteiger partial charge in [-0.05, 0) is 79.7 Å². The summed E-state index contributed by atoms with van der Waals surface area (Å²) in [4.78, 5) is 162. The van der Waals surface area contributed by atoms with Gasteiger partial charge in [0.15, 0.2) is 0 Å². The average molecular weight is 1170 g/mol. The molecule has 1 aromatic rings. The first-order chi connectivity index (χ1) is 38.7. The quantitative estimate of drug-likeness (QED) is 0.0366. The van der Waals surface area contributed by atoms with E-state index < -0.39 is 162 Å². The van der Waals surface area contributed by atoms with Crippen LogP contribution in [0.1, 0.15) is 146 Å². The van der Waals surface area contributed by atoms with Crippen molar-refractivity contribution >= 4 is 70.9 Å². The molecule has 0 spiro atoms. The van der Waals surface area contributed by atoms with Crippen LogP contribution >= 0.6 is 0 Å². The van der Waals surface area contributed by atoms with Crippen molar-refractivity contribution in [2.24, 2.45) is 58.4 Å². The molecule has 0 heterocycles. The van der Waals surface area contributed by atoms with Crippen molar-refractivity contribution in [3.05, 3.63) is 35.9 Å². The number of carbonyl (C=O) groups is 12. The Kier molecular flexibility index (Phi) is 33.0. The average Bonchev–Trinajstić information content (AvgIpc) is 3.60. The highest BCUT2D eigenvalue weighted by atomic mass is 16.4. The highest BCUT2D eigenvalue weighted by Crippen LogP contribution is 2.16. The van der Waals surface area contributed by atoms with Crippen LogP contribution in [0.25, 0.3) is 0 Å². The zero-order valence-electron chi connectivity index (χ0n) is 50.6. The van der Waals surface area contributed by atoms with Crippen molar-refractivity contribution in [2.45, 2.75) is 208 Å². The van der Waals surface area contributed by atoms with E-state index in [0.717, 1.165) is 0 Å². The van der Waals surface area contributed by atoms with E-state index in [2.05, 4.69) is 47.9 Å². The topological polar surface area (TPSA) is 437 Å². The Morgan fingerprint density at radius 1 is 0.446 bits per heavy atom. The first-order valence-electron chi connectivity index (χ1n) is 28.7. The lowest BCUT2D eigenvalue weighted by molar-refractivity contribution is -0.143. The first kappa shape index (κ1) is 73.8. The number of unbranched alkanes of at least 4 members (excludes halogenated alkanes) is 1. The second kappa shape index (κ2) is 37.1. The van der Waals surface area contributed by atoms with Crippen molar-refractivity contribution in [2.75, 3.05) is 6.54 Å². The van der Waals surface area contributed by atoms with E-state index in [4.69, 9.17) is 22.9 Å². The lowest BCUT2D eigenvalue weighted by atomic mass is 9.95. The van der Waals surface area contributed by atoms with Gasteiger partial charge in [-0.25, -0.2) is 4.79 Å². The smallest absolute Gasteiger partial charge is 0.326 e. The summed E-state index contributed by atoms with van der Waals surface area (Å²) in [6.45, 7) is 20.9. The predicted molar refractivity (Wildman–Crippen MR) is 311 cm³/mol. The molecule has 0 aromatic heterocycles. The summed E-state index contributed by atoms with van der Waals surface area (Å²) in [7, 11) is 0. The van der Waals surface area contributed by atoms with Gasteiger partial charge in [0, 0.05) is 6.42 Å². The number of carboxylic acid groups (broad SMARTS) is 1. The Hall–Kier alpha value is -7.22. The zero-order chi connectivity index (χ0) is 63.4. The molecular formula is C57H97N13O13. The van der Waals surface area contributed by atoms with E-state index in [1.807, 2.05) is 0 Å². The Bertz CT molecular complexity index is 2330. The van der Waals surface area contributed by atoms with Gasteiger partial charge in [-0.15, -0.1) is 0 Å². The fourth-order valence-electron chi connectivity index (χ4n) is 8.76. The van der Waals surface area contributed by atoms with Crippen LogP contribution in [-0.2, 0) is 64.0 Å². The van der Waals surface area contributed by atoms with Crippen molar-refractivity contribution in [1.29, 1.82) is 0 Å². The molecule has 11 amide bonds. The number of nitrogens with one attached hydrogen (secondary N) is 9. The number of amides is 11. The molecule has 26 heteroatoms. The highest BCUT2D eigenvalue weighted by Gasteiger charge is 2.38. The van der Waals surface area contributed by atoms with Crippen molar-refractivity contribution in [1.82, 2.24) is 47.9 Å². The zero-order valence-corrected chi connectivity index (χ0v) is 50.6. The lowest BCUT2D eigenvalue weighted by Crippen LogP contribution is -2.62. The minimum absolute atomic E-state index is 0.0158. The molecule has 18 N–H and O–H groups in total. The Morgan fingerprint density at radius 3 is 1.20 bits per heavy atom. The van der Waals surface area contributed by atoms with Gasteiger partial charge in [-0.3, -0.25) is 52.7 Å². The number of primary amides is 2. The largest absolute Gasteiger partial charge is 0.480 e. The fraction of sp³-hybridized carbons (Fsp3) is 0.684. The van der Waals surface area contributed by atoms with Crippen LogP contribution in [-0.4, -0.2) is 143 Å². The van der Waals surface area contributed by atoms with Gasteiger partial charge in [0.05, 0.1) is 18.9 Å². The van der Waals surface area contributed by atoms with Gasteiger partial charge in [-0.2, -0.15) is 0 Å². The molecule has 0 bridgehead atoms. The van der Waals surface area contributed by atoms with Crippen molar-refractivity contribution < 1.29 is 62.6 Å². The third-order valence-corrected chi connectivity index (χ3v) is 13.6. The molecule has 0 radical (unpaired) electrons. The van der Waals surface area contributed by atoms with Gasteiger partial charge in [0.1, 0.15) is 54.4 Å². The second-order valence-electron chi connectivity index (χ2n) is 23.3. The SMILES string of the molecule is CC[C@H](C)[C@H](NC(=O)[C@H](CC(C)C)NC(=O)[C@H](CC(C)C)NC(=O)[C@H](CC(N)=O)NC(=O)[C@@H](NC(=O)[C@H](CC(N)=O)NC(=O)[C@@H](NC(=O)[C@@H](N)CCCCN)C(C)C)C(C)C)C(=O)N[C@@H](Cc1ccccc1)C(=O)N[C@@H](CC(C)C)C(=O)O. The number of rotatable bonds is 39. The molecule has 0 unspecified atom stereocenters. The molecule has 0 aliphatic heterocycles. The molecule has 0 aliphatic carbocycles. The van der Waals surface area contributed by atoms with E-state index >= 15 is 0 Å². The van der Waals surface area contributed by atoms with Gasteiger partial charge >= 0.3 is 5.97 Å². The molecule has 468 valence electrons. The van der Waals surface area contributed by atoms with Crippen molar-refractivity contribution in [3.63, 3.8) is 0 Å². The Morgan fingerprint density at radius 2 is 0.795 bits per heavy atom. The summed E-state index contributed by atoms with van der Waals surface area (Å²) in [5, 5.41) is 33.2. The van der Waals surface area contributed by atoms with E-state index in [9.17, 15) is 62.6 Å². The number of carboxylic acids is 1. The van der Waals surface area contributed by atoms with Gasteiger partial charge < -0.3 is 75.9 Å². The van der Waals surface area contributed by atoms with E-state index in [-0.39, 0.29) is 43.4 Å². The van der Waals surface area contributed by atoms with Crippen LogP contribution in [0.4, 0.5) is 0 Å². The van der Waals surface area contributed by atoms with E-state index in [1.165, 1.54) is 13.8 Å². The molecule has 0 saturated carbocycles. The summed E-state index contributed by atoms with van der Waals surface area (Å²) in [5.41, 5.74) is 23.3. The molecular weight excluding hydrogens is 1070 g/mol. The number of aliphatic carboxylic acids is 1. The maximum Gasteiger partial charge on any atom is 0.326 e. The van der Waals surface area contributed by atoms with Crippen molar-refractivity contribution in [3.8, 4) is 0 Å². The van der Waals surface area contributed by atoms with Crippen LogP contribution < -0.4 is 70.8 Å². The monoisotopic (exact) mass is 1170 g/mol. The highest BCUT2D eigenvalue weighted by molar-refractivity contribution is 6.00. The maximum atomic E-state index is 14.4. The molecule has 0 saturated heterocycles. The van der Waals surface area contributed by atoms with Crippen LogP contribution in [0.2, 0.25) is 0 Å². The number of hydrogen-bond acceptors (Lipinski definition) is 14. The Labute approximate surface area is 488 Å². The fourth-order valence-corrected chi connectivity index (χ4v) is 8.76. The second-order valence-corrected chi connectivity index (χ2v) is 23.3. The van der Waals surface area contributed by atoms with E-state index in [0.29, 0.717) is 37.8 Å². The Balaban J connectivity index is 3.51. The minimum atomic E-state index is -1.73. The summed E-state index contributed by atoms with van der Waals surface area (Å²) >= 11 is 0. The van der Waals surface area contributed by atoms with Gasteiger partial charge in [-0.1, -0.05) is 126 Å². The molecule has 26 nitrogen and oxygen atoms in total. The summed E-state index contributed by atoms with van der Waals surface area (Å²) in [6.07, 6.45) is 0.491. The molecule has 0 aliphatic rings. The van der Waals surface area contributed by atoms with Gasteiger partial charge in [0.25, 0.3) is 0 Å². The standard InChI is InChI=1S/C57H97N13O13/c1-13-34(12)47(56(81)64-39(26-35-19-15-14-16-20-35)50(75)67-42(57(82)83)25-31(6)7)70-52(77)38(24-30(4)5)63-49(74)37(23-29(2)3)62-51(76)40(27-43(60)71)65-55(80)46(33(10)11)69-53(78)41(28-44(61)72)66-54(79)45(32(8)9)68-48(73)36(59)21-17-18-22-58/h14-16,19-20,29-34,36-42,45-47H,13,17-18,21-28,58-59H2,1-12H3,(H2,60,71)(H2,61,72)(H,62,76)(H,63,74)(H,64,81)(H,65,80)(H,66,79)(H,67,75)(H,68,73)(H,69,78)(H,70,77)(H,82,83)/t34-,36-,37-,38-,39-,40-,41-,42-,45-,46-,47-/m0/s1. The minimum Gasteiger partial charge on any atom is -0.480 e. The summed E-state index contributed by atoms with van der Waals surface area (Å²) < 4.78 is 0. The summed E-state index contributed by atoms with van der Waals surface area (Å²) in [6, 6.07) is -4.76. The van der Waals surface area contributed by atoms with Crippen LogP contribution in [0.3, 0.4) is 0 Å². The molecule has 1 rings (SSSR count). The number of carbonyl (C=O) groups excluding carboxylic acids is 11. The molecule has 83 heavy (non-hydrogen) atoms. The van der Waals surface area contributed by atoms with Crippen LogP contribution in [0.5, 0.6) is 0 Å². The molecule has 1 aromatic carbocycles. The predicted octanol–water partition coefficient (Wildman–Crippen LogP) is -0.620. The van der Waals surface area contributed by atoms with Crippen LogP contribution in [0.15, 0.2) is 30.3 Å². The van der Waals surface area contributed by atoms with E-state index in [1.54, 1.807) is 99.6 Å². The third kappa shape index (κ3) is 27.6. The third-order valence-electron chi connectivity index (χ3n) is 13.6.